The van der Waals surface area contributed by atoms with E-state index in [1.165, 1.54) is 5.01 Å². The predicted molar refractivity (Wildman–Crippen MR) is 50.5 cm³/mol. The summed E-state index contributed by atoms with van der Waals surface area (Å²) in [6, 6.07) is 0. The van der Waals surface area contributed by atoms with Crippen LogP contribution < -0.4 is 5.84 Å². The van der Waals surface area contributed by atoms with E-state index in [1.54, 1.807) is 12.3 Å². The fraction of sp³-hybridized carbons (Fsp3) is 0. The molecule has 2 nitrogen and oxygen atoms in total. The van der Waals surface area contributed by atoms with Gasteiger partial charge in [-0.1, -0.05) is 12.7 Å². The second-order valence-electron chi connectivity index (χ2n) is 2.08. The Hall–Kier alpha value is -0.800. The zero-order valence-corrected chi connectivity index (χ0v) is 7.58. The van der Waals surface area contributed by atoms with Gasteiger partial charge in [-0.15, -0.1) is 0 Å². The lowest BCUT2D eigenvalue weighted by Gasteiger charge is -2.17. The normalized spacial score (nSPS) is 20.4. The minimum absolute atomic E-state index is 0.920. The maximum Gasteiger partial charge on any atom is 0.0568 e. The lowest BCUT2D eigenvalue weighted by molar-refractivity contribution is 0.504. The SMILES string of the molecule is C=C/C=C1/C=CC(Br)=CN1N. The molecule has 0 radical (unpaired) electrons. The molecule has 2 N–H and O–H groups in total. The van der Waals surface area contributed by atoms with Gasteiger partial charge in [-0.3, -0.25) is 5.01 Å². The molecule has 0 aromatic heterocycles. The minimum Gasteiger partial charge on any atom is -0.286 e. The van der Waals surface area contributed by atoms with Crippen LogP contribution in [0.25, 0.3) is 0 Å². The van der Waals surface area contributed by atoms with Gasteiger partial charge < -0.3 is 0 Å². The molecule has 0 aliphatic carbocycles. The summed E-state index contributed by atoms with van der Waals surface area (Å²) in [5.74, 6) is 5.62. The Bertz CT molecular complexity index is 251. The highest BCUT2D eigenvalue weighted by atomic mass is 79.9. The van der Waals surface area contributed by atoms with Crippen LogP contribution in [0.5, 0.6) is 0 Å². The van der Waals surface area contributed by atoms with E-state index in [0.717, 1.165) is 10.2 Å². The highest BCUT2D eigenvalue weighted by Crippen LogP contribution is 2.17. The number of hydrazine groups is 1. The number of hydrogen-bond donors (Lipinski definition) is 1. The number of allylic oxidation sites excluding steroid dienone is 5. The zero-order valence-electron chi connectivity index (χ0n) is 6.00. The quantitative estimate of drug-likeness (QED) is 0.675. The molecule has 1 aliphatic rings. The monoisotopic (exact) mass is 212 g/mol. The molecule has 0 saturated heterocycles. The molecule has 0 amide bonds. The molecule has 0 unspecified atom stereocenters. The number of nitrogens with zero attached hydrogens (tertiary/aromatic N) is 1. The molecule has 1 heterocycles. The number of nitrogens with two attached hydrogens (primary N) is 1. The summed E-state index contributed by atoms with van der Waals surface area (Å²) in [6.07, 6.45) is 9.17. The molecule has 11 heavy (non-hydrogen) atoms. The maximum absolute atomic E-state index is 5.62. The Morgan fingerprint density at radius 3 is 2.82 bits per heavy atom. The highest BCUT2D eigenvalue weighted by Gasteiger charge is 2.02. The van der Waals surface area contributed by atoms with Crippen molar-refractivity contribution in [3.8, 4) is 0 Å². The fourth-order valence-corrected chi connectivity index (χ4v) is 1.12. The van der Waals surface area contributed by atoms with Crippen molar-refractivity contribution in [2.45, 2.75) is 0 Å². The van der Waals surface area contributed by atoms with Crippen molar-refractivity contribution in [2.24, 2.45) is 5.84 Å². The zero-order chi connectivity index (χ0) is 8.27. The molecule has 3 heteroatoms. The molecule has 0 fully saturated rings. The molecule has 0 bridgehead atoms. The van der Waals surface area contributed by atoms with E-state index < -0.39 is 0 Å². The molecule has 0 spiro atoms. The van der Waals surface area contributed by atoms with E-state index in [1.807, 2.05) is 18.2 Å². The topological polar surface area (TPSA) is 29.3 Å². The smallest absolute Gasteiger partial charge is 0.0568 e. The standard InChI is InChI=1S/C8H9BrN2/c1-2-3-8-5-4-7(9)6-11(8)10/h2-6H,1,10H2/b8-3-. The summed E-state index contributed by atoms with van der Waals surface area (Å²) in [7, 11) is 0. The van der Waals surface area contributed by atoms with Gasteiger partial charge in [-0.2, -0.15) is 0 Å². The Kier molecular flexibility index (Phi) is 2.68. The van der Waals surface area contributed by atoms with Gasteiger partial charge in [0.25, 0.3) is 0 Å². The van der Waals surface area contributed by atoms with Crippen molar-refractivity contribution >= 4 is 15.9 Å². The van der Waals surface area contributed by atoms with Gasteiger partial charge in [-0.25, -0.2) is 5.84 Å². The first-order valence-electron chi connectivity index (χ1n) is 3.16. The van der Waals surface area contributed by atoms with Crippen molar-refractivity contribution in [1.29, 1.82) is 0 Å². The third-order valence-electron chi connectivity index (χ3n) is 1.26. The predicted octanol–water partition coefficient (Wildman–Crippen LogP) is 2.04. The van der Waals surface area contributed by atoms with E-state index >= 15 is 0 Å². The summed E-state index contributed by atoms with van der Waals surface area (Å²) in [6.45, 7) is 3.58. The first kappa shape index (κ1) is 8.30. The van der Waals surface area contributed by atoms with Crippen molar-refractivity contribution < 1.29 is 0 Å². The average molecular weight is 213 g/mol. The largest absolute Gasteiger partial charge is 0.286 e. The summed E-state index contributed by atoms with van der Waals surface area (Å²) < 4.78 is 0.959. The van der Waals surface area contributed by atoms with Crippen LogP contribution in [0.1, 0.15) is 0 Å². The first-order chi connectivity index (χ1) is 5.24. The summed E-state index contributed by atoms with van der Waals surface area (Å²) in [4.78, 5) is 0. The van der Waals surface area contributed by atoms with Gasteiger partial charge in [-0.05, 0) is 34.2 Å². The summed E-state index contributed by atoms with van der Waals surface area (Å²) in [5, 5.41) is 1.53. The van der Waals surface area contributed by atoms with E-state index in [2.05, 4.69) is 22.5 Å². The molecule has 1 aliphatic heterocycles. The van der Waals surface area contributed by atoms with Crippen LogP contribution in [0.15, 0.2) is 47.3 Å². The van der Waals surface area contributed by atoms with E-state index in [9.17, 15) is 0 Å². The second kappa shape index (κ2) is 3.55. The van der Waals surface area contributed by atoms with Crippen LogP contribution in [0, 0.1) is 0 Å². The van der Waals surface area contributed by atoms with E-state index in [0.29, 0.717) is 0 Å². The van der Waals surface area contributed by atoms with Gasteiger partial charge in [0.1, 0.15) is 0 Å². The van der Waals surface area contributed by atoms with Gasteiger partial charge in [0.2, 0.25) is 0 Å². The van der Waals surface area contributed by atoms with Crippen LogP contribution in [0.2, 0.25) is 0 Å². The molecule has 1 rings (SSSR count). The molecule has 0 saturated carbocycles. The van der Waals surface area contributed by atoms with Crippen molar-refractivity contribution in [2.75, 3.05) is 0 Å². The molecular weight excluding hydrogens is 204 g/mol. The van der Waals surface area contributed by atoms with E-state index in [-0.39, 0.29) is 0 Å². The number of rotatable bonds is 1. The van der Waals surface area contributed by atoms with Crippen LogP contribution in [-0.4, -0.2) is 5.01 Å². The second-order valence-corrected chi connectivity index (χ2v) is 3.00. The van der Waals surface area contributed by atoms with Crippen molar-refractivity contribution in [3.05, 3.63) is 47.3 Å². The van der Waals surface area contributed by atoms with E-state index in [4.69, 9.17) is 5.84 Å². The third-order valence-corrected chi connectivity index (χ3v) is 1.73. The van der Waals surface area contributed by atoms with Crippen LogP contribution in [0.4, 0.5) is 0 Å². The molecule has 0 aromatic rings. The minimum atomic E-state index is 0.920. The van der Waals surface area contributed by atoms with Crippen LogP contribution in [0.3, 0.4) is 0 Å². The Balaban J connectivity index is 2.85. The van der Waals surface area contributed by atoms with Crippen LogP contribution >= 0.6 is 15.9 Å². The number of halogens is 1. The van der Waals surface area contributed by atoms with Crippen molar-refractivity contribution in [3.63, 3.8) is 0 Å². The van der Waals surface area contributed by atoms with Gasteiger partial charge in [0, 0.05) is 10.7 Å². The fourth-order valence-electron chi connectivity index (χ4n) is 0.764. The summed E-state index contributed by atoms with van der Waals surface area (Å²) in [5.41, 5.74) is 0.920. The van der Waals surface area contributed by atoms with Gasteiger partial charge in [0.15, 0.2) is 0 Å². The first-order valence-corrected chi connectivity index (χ1v) is 3.95. The molecule has 0 atom stereocenters. The third kappa shape index (κ3) is 2.06. The average Bonchev–Trinajstić information content (AvgIpc) is 1.95. The number of hydrogen-bond acceptors (Lipinski definition) is 2. The summed E-state index contributed by atoms with van der Waals surface area (Å²) >= 11 is 3.31. The van der Waals surface area contributed by atoms with Gasteiger partial charge >= 0.3 is 0 Å². The van der Waals surface area contributed by atoms with Gasteiger partial charge in [0.05, 0.1) is 5.70 Å². The Labute approximate surface area is 74.5 Å². The lowest BCUT2D eigenvalue weighted by Crippen LogP contribution is -2.24. The van der Waals surface area contributed by atoms with Crippen molar-refractivity contribution in [1.82, 2.24) is 5.01 Å². The van der Waals surface area contributed by atoms with Crippen LogP contribution in [-0.2, 0) is 0 Å². The highest BCUT2D eigenvalue weighted by molar-refractivity contribution is 9.11. The Morgan fingerprint density at radius 2 is 2.27 bits per heavy atom. The molecule has 0 aromatic carbocycles. The lowest BCUT2D eigenvalue weighted by atomic mass is 10.3. The Morgan fingerprint density at radius 1 is 1.55 bits per heavy atom. The molecular formula is C8H9BrN2. The maximum atomic E-state index is 5.62. The molecule has 58 valence electrons.